The molecule has 0 unspecified atom stereocenters. The zero-order valence-electron chi connectivity index (χ0n) is 7.28. The molecule has 0 saturated carbocycles. The minimum atomic E-state index is -0.789. The Hall–Kier alpha value is -0.970. The van der Waals surface area contributed by atoms with Crippen molar-refractivity contribution >= 4 is 17.7 Å². The summed E-state index contributed by atoms with van der Waals surface area (Å²) in [5.41, 5.74) is 3.05. The Bertz CT molecular complexity index is 359. The van der Waals surface area contributed by atoms with Crippen LogP contribution in [0.3, 0.4) is 0 Å². The van der Waals surface area contributed by atoms with Crippen LogP contribution in [0.2, 0.25) is 0 Å². The number of hydrogen-bond donors (Lipinski definition) is 1. The third-order valence-corrected chi connectivity index (χ3v) is 3.13. The van der Waals surface area contributed by atoms with Crippen molar-refractivity contribution in [1.29, 1.82) is 0 Å². The average molecular weight is 198 g/mol. The summed E-state index contributed by atoms with van der Waals surface area (Å²) < 4.78 is 1.69. The van der Waals surface area contributed by atoms with Crippen LogP contribution in [0.15, 0.2) is 0 Å². The first kappa shape index (κ1) is 8.62. The van der Waals surface area contributed by atoms with E-state index in [1.54, 1.807) is 23.5 Å². The van der Waals surface area contributed by atoms with Gasteiger partial charge in [-0.2, -0.15) is 16.9 Å². The highest BCUT2D eigenvalue weighted by molar-refractivity contribution is 7.98. The molecule has 0 aliphatic carbocycles. The van der Waals surface area contributed by atoms with Crippen molar-refractivity contribution in [1.82, 2.24) is 9.78 Å². The molecule has 1 aliphatic heterocycles. The van der Waals surface area contributed by atoms with E-state index in [-0.39, 0.29) is 6.42 Å². The summed E-state index contributed by atoms with van der Waals surface area (Å²) in [4.78, 5) is 10.6. The largest absolute Gasteiger partial charge is 0.481 e. The predicted molar refractivity (Wildman–Crippen MR) is 49.5 cm³/mol. The Morgan fingerprint density at radius 2 is 2.46 bits per heavy atom. The topological polar surface area (TPSA) is 55.1 Å². The molecule has 70 valence electrons. The van der Waals surface area contributed by atoms with E-state index in [2.05, 4.69) is 5.10 Å². The monoisotopic (exact) mass is 198 g/mol. The van der Waals surface area contributed by atoms with E-state index in [0.29, 0.717) is 0 Å². The second-order valence-electron chi connectivity index (χ2n) is 3.06. The van der Waals surface area contributed by atoms with E-state index in [0.717, 1.165) is 28.5 Å². The Labute approximate surface area is 79.9 Å². The fourth-order valence-electron chi connectivity index (χ4n) is 1.56. The standard InChI is InChI=1S/C8H10N2O2S/c1-10-7(2-8(11)12)5-3-13-4-6(5)9-10/h2-4H2,1H3,(H,11,12). The summed E-state index contributed by atoms with van der Waals surface area (Å²) in [6, 6.07) is 0. The number of carbonyl (C=O) groups is 1. The van der Waals surface area contributed by atoms with Gasteiger partial charge < -0.3 is 5.11 Å². The van der Waals surface area contributed by atoms with Crippen molar-refractivity contribution in [2.75, 3.05) is 0 Å². The van der Waals surface area contributed by atoms with Crippen molar-refractivity contribution in [3.8, 4) is 0 Å². The lowest BCUT2D eigenvalue weighted by atomic mass is 10.2. The van der Waals surface area contributed by atoms with Crippen LogP contribution in [0.1, 0.15) is 17.0 Å². The van der Waals surface area contributed by atoms with Crippen LogP contribution in [0.25, 0.3) is 0 Å². The first-order valence-corrected chi connectivity index (χ1v) is 5.17. The summed E-state index contributed by atoms with van der Waals surface area (Å²) in [5, 5.41) is 13.0. The maximum Gasteiger partial charge on any atom is 0.309 e. The van der Waals surface area contributed by atoms with Crippen molar-refractivity contribution in [2.45, 2.75) is 17.9 Å². The molecule has 0 atom stereocenters. The molecule has 0 spiro atoms. The third-order valence-electron chi connectivity index (χ3n) is 2.16. The molecule has 0 amide bonds. The number of carboxylic acid groups (broad SMARTS) is 1. The van der Waals surface area contributed by atoms with Gasteiger partial charge in [0.1, 0.15) is 0 Å². The summed E-state index contributed by atoms with van der Waals surface area (Å²) in [6.45, 7) is 0. The van der Waals surface area contributed by atoms with Crippen molar-refractivity contribution < 1.29 is 9.90 Å². The van der Waals surface area contributed by atoms with Crippen LogP contribution in [-0.2, 0) is 29.8 Å². The van der Waals surface area contributed by atoms with E-state index in [9.17, 15) is 4.79 Å². The quantitative estimate of drug-likeness (QED) is 0.763. The molecule has 2 rings (SSSR count). The summed E-state index contributed by atoms with van der Waals surface area (Å²) in [5.74, 6) is 1.04. The van der Waals surface area contributed by atoms with Crippen LogP contribution in [0.5, 0.6) is 0 Å². The minimum absolute atomic E-state index is 0.0827. The Morgan fingerprint density at radius 3 is 3.15 bits per heavy atom. The molecule has 1 aromatic heterocycles. The lowest BCUT2D eigenvalue weighted by Gasteiger charge is -2.00. The normalized spacial score (nSPS) is 14.5. The molecule has 0 saturated heterocycles. The molecule has 13 heavy (non-hydrogen) atoms. The Kier molecular flexibility index (Phi) is 2.03. The summed E-state index contributed by atoms with van der Waals surface area (Å²) in [6.07, 6.45) is 0.0827. The van der Waals surface area contributed by atoms with Gasteiger partial charge >= 0.3 is 5.97 Å². The Balaban J connectivity index is 2.38. The number of aliphatic carboxylic acids is 1. The van der Waals surface area contributed by atoms with E-state index in [1.807, 2.05) is 0 Å². The third kappa shape index (κ3) is 1.44. The summed E-state index contributed by atoms with van der Waals surface area (Å²) >= 11 is 1.79. The number of fused-ring (bicyclic) bond motifs is 1. The number of aryl methyl sites for hydroxylation is 1. The number of rotatable bonds is 2. The van der Waals surface area contributed by atoms with E-state index < -0.39 is 5.97 Å². The zero-order valence-corrected chi connectivity index (χ0v) is 8.10. The lowest BCUT2D eigenvalue weighted by Crippen LogP contribution is -2.07. The molecule has 0 radical (unpaired) electrons. The molecule has 1 aromatic rings. The Morgan fingerprint density at radius 1 is 1.69 bits per heavy atom. The van der Waals surface area contributed by atoms with Gasteiger partial charge in [0.25, 0.3) is 0 Å². The maximum atomic E-state index is 10.6. The fraction of sp³-hybridized carbons (Fsp3) is 0.500. The van der Waals surface area contributed by atoms with Gasteiger partial charge in [0, 0.05) is 24.1 Å². The predicted octanol–water partition coefficient (Wildman–Crippen LogP) is 0.794. The first-order valence-electron chi connectivity index (χ1n) is 4.01. The zero-order chi connectivity index (χ0) is 9.42. The number of nitrogens with zero attached hydrogens (tertiary/aromatic N) is 2. The van der Waals surface area contributed by atoms with Crippen molar-refractivity contribution in [3.05, 3.63) is 17.0 Å². The van der Waals surface area contributed by atoms with Crippen molar-refractivity contribution in [3.63, 3.8) is 0 Å². The molecular weight excluding hydrogens is 188 g/mol. The van der Waals surface area contributed by atoms with Gasteiger partial charge in [-0.1, -0.05) is 0 Å². The maximum absolute atomic E-state index is 10.6. The molecule has 0 bridgehead atoms. The van der Waals surface area contributed by atoms with Crippen molar-refractivity contribution in [2.24, 2.45) is 7.05 Å². The van der Waals surface area contributed by atoms with Gasteiger partial charge in [0.15, 0.2) is 0 Å². The number of aromatic nitrogens is 2. The SMILES string of the molecule is Cn1nc2c(c1CC(=O)O)CSC2. The smallest absolute Gasteiger partial charge is 0.309 e. The second kappa shape index (κ2) is 3.06. The number of hydrogen-bond acceptors (Lipinski definition) is 3. The van der Waals surface area contributed by atoms with Crippen LogP contribution >= 0.6 is 11.8 Å². The highest BCUT2D eigenvalue weighted by Crippen LogP contribution is 2.31. The van der Waals surface area contributed by atoms with E-state index in [1.165, 1.54) is 0 Å². The van der Waals surface area contributed by atoms with Crippen LogP contribution in [0, 0.1) is 0 Å². The molecule has 2 heterocycles. The van der Waals surface area contributed by atoms with Gasteiger partial charge in [-0.15, -0.1) is 0 Å². The van der Waals surface area contributed by atoms with Gasteiger partial charge in [-0.25, -0.2) is 0 Å². The van der Waals surface area contributed by atoms with Gasteiger partial charge in [0.05, 0.1) is 17.8 Å². The molecular formula is C8H10N2O2S. The van der Waals surface area contributed by atoms with Gasteiger partial charge in [-0.3, -0.25) is 9.48 Å². The molecule has 0 aromatic carbocycles. The number of thioether (sulfide) groups is 1. The second-order valence-corrected chi connectivity index (χ2v) is 4.04. The lowest BCUT2D eigenvalue weighted by molar-refractivity contribution is -0.136. The van der Waals surface area contributed by atoms with E-state index >= 15 is 0 Å². The van der Waals surface area contributed by atoms with Crippen LogP contribution in [-0.4, -0.2) is 20.9 Å². The first-order chi connectivity index (χ1) is 6.18. The van der Waals surface area contributed by atoms with Crippen LogP contribution in [0.4, 0.5) is 0 Å². The highest BCUT2D eigenvalue weighted by atomic mass is 32.2. The van der Waals surface area contributed by atoms with E-state index in [4.69, 9.17) is 5.11 Å². The molecule has 5 heteroatoms. The average Bonchev–Trinajstić information content (AvgIpc) is 2.55. The molecule has 1 N–H and O–H groups in total. The summed E-state index contributed by atoms with van der Waals surface area (Å²) in [7, 11) is 1.81. The van der Waals surface area contributed by atoms with Crippen LogP contribution < -0.4 is 0 Å². The fourth-order valence-corrected chi connectivity index (χ4v) is 2.63. The molecule has 1 aliphatic rings. The van der Waals surface area contributed by atoms with Gasteiger partial charge in [-0.05, 0) is 0 Å². The number of carboxylic acids is 1. The van der Waals surface area contributed by atoms with Gasteiger partial charge in [0.2, 0.25) is 0 Å². The molecule has 4 nitrogen and oxygen atoms in total. The minimum Gasteiger partial charge on any atom is -0.481 e. The molecule has 0 fully saturated rings. The highest BCUT2D eigenvalue weighted by Gasteiger charge is 2.22.